The van der Waals surface area contributed by atoms with Gasteiger partial charge in [0.05, 0.1) is 5.58 Å². The van der Waals surface area contributed by atoms with Gasteiger partial charge in [-0.3, -0.25) is 0 Å². The van der Waals surface area contributed by atoms with Crippen LogP contribution in [0.1, 0.15) is 19.4 Å². The fourth-order valence-corrected chi connectivity index (χ4v) is 11.9. The zero-order valence-electron chi connectivity index (χ0n) is 33.0. The van der Waals surface area contributed by atoms with Crippen molar-refractivity contribution in [3.05, 3.63) is 127 Å². The van der Waals surface area contributed by atoms with Crippen LogP contribution in [0, 0.1) is 25.8 Å². The van der Waals surface area contributed by atoms with Crippen molar-refractivity contribution in [2.45, 2.75) is 44.1 Å². The van der Waals surface area contributed by atoms with Crippen molar-refractivity contribution >= 4 is 58.0 Å². The van der Waals surface area contributed by atoms with Crippen LogP contribution in [0.25, 0.3) is 55.6 Å². The first-order valence-corrected chi connectivity index (χ1v) is 25.8. The summed E-state index contributed by atoms with van der Waals surface area (Å²) in [5.41, 5.74) is 6.24. The summed E-state index contributed by atoms with van der Waals surface area (Å²) >= 11 is -1.72. The predicted octanol–water partition coefficient (Wildman–Crippen LogP) is 8.96. The van der Waals surface area contributed by atoms with Crippen LogP contribution < -0.4 is 14.8 Å². The first kappa shape index (κ1) is 26.4. The van der Waals surface area contributed by atoms with E-state index in [0.29, 0.717) is 16.8 Å². The molecule has 0 amide bonds. The van der Waals surface area contributed by atoms with Gasteiger partial charge in [0.15, 0.2) is 0 Å². The standard InChI is InChI=1S/C27H22NOSi.C14H16GeN.Ir/c1-16-14-23(28-15-17(16)2)22-10-7-9-19-20-12-13-21-18-8-5-6-11-24(18)30(3,4)27(21)26(20)29-25(19)22;1-15(2,3)13-9-10-14(16-11-13)12-7-5-4-6-8-12;/h5-9,11-15H,1-4H3;4-7,9-11H,1-3H3;/q2*-1;/i1D3,2D3;;. The summed E-state index contributed by atoms with van der Waals surface area (Å²) in [5, 5.41) is 4.50. The second kappa shape index (κ2) is 12.8. The topological polar surface area (TPSA) is 38.9 Å². The van der Waals surface area contributed by atoms with Crippen LogP contribution in [0.15, 0.2) is 108 Å². The quantitative estimate of drug-likeness (QED) is 0.132. The minimum absolute atomic E-state index is 0. The maximum absolute atomic E-state index is 7.92. The molecule has 4 aromatic carbocycles. The van der Waals surface area contributed by atoms with Crippen LogP contribution >= 0.6 is 0 Å². The molecule has 1 aliphatic rings. The molecule has 47 heavy (non-hydrogen) atoms. The third-order valence-electron chi connectivity index (χ3n) is 8.89. The predicted molar refractivity (Wildman–Crippen MR) is 199 cm³/mol. The molecule has 0 saturated heterocycles. The number of hydrogen-bond donors (Lipinski definition) is 0. The maximum atomic E-state index is 7.92. The van der Waals surface area contributed by atoms with Crippen molar-refractivity contribution in [1.82, 2.24) is 9.97 Å². The first-order chi connectivity index (χ1) is 24.5. The third-order valence-corrected chi connectivity index (χ3v) is 16.7. The maximum Gasteiger partial charge on any atom is 0 e. The molecule has 0 saturated carbocycles. The average molecular weight is 874 g/mol. The second-order valence-electron chi connectivity index (χ2n) is 13.3. The van der Waals surface area contributed by atoms with Gasteiger partial charge in [0.2, 0.25) is 0 Å². The van der Waals surface area contributed by atoms with Gasteiger partial charge in [0, 0.05) is 39.9 Å². The molecule has 0 N–H and O–H groups in total. The Morgan fingerprint density at radius 2 is 1.49 bits per heavy atom. The Balaban J connectivity index is 0.000000238. The molecule has 4 heterocycles. The summed E-state index contributed by atoms with van der Waals surface area (Å²) in [4.78, 5) is 8.88. The fourth-order valence-electron chi connectivity index (χ4n) is 6.38. The van der Waals surface area contributed by atoms with Crippen molar-refractivity contribution < 1.29 is 32.7 Å². The minimum atomic E-state index is -2.61. The Labute approximate surface area is 303 Å². The van der Waals surface area contributed by atoms with Gasteiger partial charge in [-0.25, -0.2) is 0 Å². The molecule has 237 valence electrons. The monoisotopic (exact) mass is 875 g/mol. The zero-order valence-corrected chi connectivity index (χ0v) is 32.4. The van der Waals surface area contributed by atoms with Gasteiger partial charge in [-0.1, -0.05) is 72.1 Å². The number of aryl methyl sites for hydroxylation is 2. The second-order valence-corrected chi connectivity index (χ2v) is 28.2. The van der Waals surface area contributed by atoms with E-state index in [1.54, 1.807) is 6.07 Å². The summed E-state index contributed by atoms with van der Waals surface area (Å²) in [6, 6.07) is 36.5. The van der Waals surface area contributed by atoms with E-state index < -0.39 is 35.0 Å². The van der Waals surface area contributed by atoms with E-state index in [0.717, 1.165) is 33.8 Å². The van der Waals surface area contributed by atoms with Crippen molar-refractivity contribution in [3.63, 3.8) is 0 Å². The Morgan fingerprint density at radius 3 is 2.21 bits per heavy atom. The van der Waals surface area contributed by atoms with Crippen LogP contribution in [-0.2, 0) is 20.1 Å². The Hall–Kier alpha value is -3.61. The summed E-state index contributed by atoms with van der Waals surface area (Å²) in [6.07, 6.45) is 3.18. The molecule has 0 bridgehead atoms. The number of aromatic nitrogens is 2. The number of fused-ring (bicyclic) bond motifs is 7. The van der Waals surface area contributed by atoms with Crippen molar-refractivity contribution in [1.29, 1.82) is 0 Å². The van der Waals surface area contributed by atoms with Gasteiger partial charge in [-0.2, -0.15) is 0 Å². The average Bonchev–Trinajstić information content (AvgIpc) is 3.60. The van der Waals surface area contributed by atoms with Gasteiger partial charge in [-0.05, 0) is 46.5 Å². The molecule has 0 fully saturated rings. The number of benzene rings is 4. The van der Waals surface area contributed by atoms with Crippen LogP contribution in [0.3, 0.4) is 0 Å². The fraction of sp³-hybridized carbons (Fsp3) is 0.171. The molecule has 7 aromatic rings. The Bertz CT molecular complexity index is 2460. The van der Waals surface area contributed by atoms with Gasteiger partial charge in [-0.15, -0.1) is 18.2 Å². The minimum Gasteiger partial charge on any atom is 0 e. The van der Waals surface area contributed by atoms with Gasteiger partial charge in [0.25, 0.3) is 0 Å². The molecule has 3 aromatic heterocycles. The van der Waals surface area contributed by atoms with E-state index in [-0.39, 0.29) is 31.2 Å². The van der Waals surface area contributed by atoms with Gasteiger partial charge >= 0.3 is 99.8 Å². The molecule has 3 nitrogen and oxygen atoms in total. The van der Waals surface area contributed by atoms with E-state index in [4.69, 9.17) is 12.6 Å². The number of rotatable bonds is 3. The zero-order chi connectivity index (χ0) is 37.2. The van der Waals surface area contributed by atoms with E-state index in [2.05, 4.69) is 101 Å². The van der Waals surface area contributed by atoms with E-state index >= 15 is 0 Å². The SMILES string of the molecule is [2H]C([2H])([2H])c1cnc(-c2[c-]ccc3c2oc2c4c(ccc23)-c2ccccc2[Si]4(C)C)cc1C([2H])([2H])[2H].[CH3][Ge]([CH3])([CH3])[c]1ccc(-c2[c-]cccc2)nc1.[Ir]. The van der Waals surface area contributed by atoms with E-state index in [9.17, 15) is 0 Å². The summed E-state index contributed by atoms with van der Waals surface area (Å²) < 4.78 is 55.1. The van der Waals surface area contributed by atoms with Crippen LogP contribution in [0.2, 0.25) is 30.4 Å². The van der Waals surface area contributed by atoms with Crippen molar-refractivity contribution in [2.24, 2.45) is 0 Å². The molecule has 8 rings (SSSR count). The molecule has 0 atom stereocenters. The summed E-state index contributed by atoms with van der Waals surface area (Å²) in [5.74, 6) is 7.14. The molecule has 0 unspecified atom stereocenters. The first-order valence-electron chi connectivity index (χ1n) is 18.4. The number of furan rings is 1. The van der Waals surface area contributed by atoms with Crippen LogP contribution in [0.5, 0.6) is 0 Å². The van der Waals surface area contributed by atoms with E-state index in [1.165, 1.54) is 32.0 Å². The van der Waals surface area contributed by atoms with Crippen molar-refractivity contribution in [2.75, 3.05) is 0 Å². The third kappa shape index (κ3) is 6.00. The number of hydrogen-bond acceptors (Lipinski definition) is 3. The number of pyridine rings is 2. The summed E-state index contributed by atoms with van der Waals surface area (Å²) in [6.45, 7) is -0.536. The van der Waals surface area contributed by atoms with E-state index in [1.807, 2.05) is 36.5 Å². The van der Waals surface area contributed by atoms with Crippen molar-refractivity contribution in [3.8, 4) is 33.6 Å². The molecule has 6 heteroatoms. The molecular formula is C41H38GeIrN2OSi-2. The molecule has 0 spiro atoms. The van der Waals surface area contributed by atoms with Gasteiger partial charge < -0.3 is 9.40 Å². The Kier molecular flexibility index (Phi) is 7.16. The normalized spacial score (nSPS) is 15.4. The Morgan fingerprint density at radius 1 is 0.723 bits per heavy atom. The summed E-state index contributed by atoms with van der Waals surface area (Å²) in [7, 11) is -2.02. The van der Waals surface area contributed by atoms with Crippen LogP contribution in [-0.4, -0.2) is 31.3 Å². The van der Waals surface area contributed by atoms with Gasteiger partial charge in [0.1, 0.15) is 13.7 Å². The number of nitrogens with zero attached hydrogens (tertiary/aromatic N) is 2. The smallest absolute Gasteiger partial charge is 0 e. The molecule has 1 aliphatic heterocycles. The molecular weight excluding hydrogens is 829 g/mol. The van der Waals surface area contributed by atoms with Crippen LogP contribution in [0.4, 0.5) is 0 Å². The largest absolute Gasteiger partial charge is 0 e. The molecule has 0 aliphatic carbocycles. The molecule has 1 radical (unpaired) electrons.